The van der Waals surface area contributed by atoms with Gasteiger partial charge in [-0.15, -0.1) is 0 Å². The fourth-order valence-electron chi connectivity index (χ4n) is 0.856. The van der Waals surface area contributed by atoms with Crippen LogP contribution < -0.4 is 0 Å². The normalized spacial score (nSPS) is 16.3. The second-order valence-corrected chi connectivity index (χ2v) is 3.21. The molecule has 0 bridgehead atoms. The zero-order valence-corrected chi connectivity index (χ0v) is 9.27. The van der Waals surface area contributed by atoms with Crippen molar-refractivity contribution in [2.75, 3.05) is 7.11 Å². The van der Waals surface area contributed by atoms with E-state index in [9.17, 15) is 0 Å². The molecule has 0 heterocycles. The van der Waals surface area contributed by atoms with Crippen LogP contribution in [0.5, 0.6) is 0 Å². The van der Waals surface area contributed by atoms with E-state index in [0.717, 1.165) is 0 Å². The van der Waals surface area contributed by atoms with Gasteiger partial charge in [0.15, 0.2) is 0 Å². The summed E-state index contributed by atoms with van der Waals surface area (Å²) in [6.45, 7) is 0. The summed E-state index contributed by atoms with van der Waals surface area (Å²) in [6, 6.07) is 0. The maximum absolute atomic E-state index is 4.25. The summed E-state index contributed by atoms with van der Waals surface area (Å²) in [7, 11) is 1.62. The van der Waals surface area contributed by atoms with Crippen molar-refractivity contribution in [3.63, 3.8) is 0 Å². The molecule has 0 spiro atoms. The Hall–Kier alpha value is 0.0894. The Labute approximate surface area is 80.1 Å². The van der Waals surface area contributed by atoms with E-state index in [1.165, 1.54) is 25.7 Å². The fourth-order valence-corrected chi connectivity index (χ4v) is 0.856. The molecule has 0 N–H and O–H groups in total. The molecule has 1 aliphatic rings. The first-order valence-electron chi connectivity index (χ1n) is 3.84. The molecule has 0 atom stereocenters. The molecule has 0 unspecified atom stereocenters. The molecule has 0 aromatic carbocycles. The first-order valence-corrected chi connectivity index (χ1v) is 4.82. The molecule has 0 saturated heterocycles. The summed E-state index contributed by atoms with van der Waals surface area (Å²) >= 11 is 1.62. The van der Waals surface area contributed by atoms with Gasteiger partial charge in [-0.1, -0.05) is 24.3 Å². The molecule has 0 radical (unpaired) electrons. The molecule has 0 amide bonds. The minimum atomic E-state index is 1.23. The third-order valence-corrected chi connectivity index (χ3v) is 1.33. The number of allylic oxidation sites excluding steroid dienone is 4. The van der Waals surface area contributed by atoms with E-state index in [1.807, 2.05) is 0 Å². The van der Waals surface area contributed by atoms with Crippen LogP contribution >= 0.6 is 0 Å². The van der Waals surface area contributed by atoms with Crippen molar-refractivity contribution < 1.29 is 22.8 Å². The van der Waals surface area contributed by atoms with Gasteiger partial charge < -0.3 is 0 Å². The Morgan fingerprint density at radius 3 is 1.27 bits per heavy atom. The van der Waals surface area contributed by atoms with E-state index < -0.39 is 0 Å². The van der Waals surface area contributed by atoms with E-state index >= 15 is 0 Å². The van der Waals surface area contributed by atoms with Crippen LogP contribution in [0.1, 0.15) is 25.7 Å². The van der Waals surface area contributed by atoms with Crippen molar-refractivity contribution >= 4 is 0 Å². The molecule has 0 aromatic rings. The van der Waals surface area contributed by atoms with E-state index in [1.54, 1.807) is 26.4 Å². The average molecular weight is 331 g/mol. The van der Waals surface area contributed by atoms with Gasteiger partial charge in [0.2, 0.25) is 0 Å². The first kappa shape index (κ1) is 11.1. The van der Waals surface area contributed by atoms with Gasteiger partial charge in [0, 0.05) is 0 Å². The number of hydrogen-bond acceptors (Lipinski definition) is 1. The Bertz CT molecular complexity index is 92.7. The van der Waals surface area contributed by atoms with E-state index in [2.05, 4.69) is 27.8 Å². The van der Waals surface area contributed by atoms with Crippen molar-refractivity contribution in [2.24, 2.45) is 0 Å². The van der Waals surface area contributed by atoms with Crippen LogP contribution in [-0.2, 0) is 22.8 Å². The van der Waals surface area contributed by atoms with Crippen LogP contribution in [0.3, 0.4) is 0 Å². The summed E-state index contributed by atoms with van der Waals surface area (Å²) < 4.78 is 4.25. The molecule has 66 valence electrons. The van der Waals surface area contributed by atoms with Gasteiger partial charge in [0.05, 0.1) is 0 Å². The Morgan fingerprint density at radius 2 is 1.09 bits per heavy atom. The van der Waals surface area contributed by atoms with Gasteiger partial charge in [0.25, 0.3) is 0 Å². The third-order valence-electron chi connectivity index (χ3n) is 1.33. The van der Waals surface area contributed by atoms with Crippen LogP contribution in [0.25, 0.3) is 0 Å². The monoisotopic (exact) mass is 332 g/mol. The minimum absolute atomic E-state index is 1.23. The van der Waals surface area contributed by atoms with Gasteiger partial charge >= 0.3 is 29.9 Å². The fraction of sp³-hybridized carbons (Fsp3) is 0.556. The molecule has 0 aromatic heterocycles. The standard InChI is InChI=1S/C8H12.CH3O.Ir/c1-2-4-6-8-7-5-3-1;1-2;/h1-2,7-8H,3-6H2;1H3;/q;-1;+1. The van der Waals surface area contributed by atoms with Crippen LogP contribution in [-0.4, -0.2) is 7.11 Å². The second-order valence-electron chi connectivity index (χ2n) is 2.23. The SMILES string of the molecule is C1=CCCC=CCC1.C[O][Ir]. The maximum atomic E-state index is 4.25. The predicted octanol–water partition coefficient (Wildman–Crippen LogP) is 2.77. The quantitative estimate of drug-likeness (QED) is 0.620. The van der Waals surface area contributed by atoms with Crippen LogP contribution in [0.4, 0.5) is 0 Å². The Morgan fingerprint density at radius 1 is 0.909 bits per heavy atom. The van der Waals surface area contributed by atoms with Gasteiger partial charge in [-0.25, -0.2) is 0 Å². The van der Waals surface area contributed by atoms with Crippen LogP contribution in [0, 0.1) is 0 Å². The van der Waals surface area contributed by atoms with E-state index in [4.69, 9.17) is 0 Å². The molecule has 1 nitrogen and oxygen atoms in total. The molecular formula is C9H15IrO. The molecule has 2 heteroatoms. The summed E-state index contributed by atoms with van der Waals surface area (Å²) in [5.74, 6) is 0. The van der Waals surface area contributed by atoms with Crippen LogP contribution in [0.15, 0.2) is 24.3 Å². The molecule has 0 aliphatic heterocycles. The molecule has 1 rings (SSSR count). The molecular weight excluding hydrogens is 316 g/mol. The van der Waals surface area contributed by atoms with E-state index in [0.29, 0.717) is 0 Å². The van der Waals surface area contributed by atoms with Crippen molar-refractivity contribution in [3.8, 4) is 0 Å². The number of hydrogen-bond donors (Lipinski definition) is 0. The average Bonchev–Trinajstić information content (AvgIpc) is 1.86. The van der Waals surface area contributed by atoms with Crippen molar-refractivity contribution in [1.29, 1.82) is 0 Å². The van der Waals surface area contributed by atoms with Crippen LogP contribution in [0.2, 0.25) is 0 Å². The second kappa shape index (κ2) is 10.1. The van der Waals surface area contributed by atoms with Crippen molar-refractivity contribution in [3.05, 3.63) is 24.3 Å². The van der Waals surface area contributed by atoms with Gasteiger partial charge in [-0.05, 0) is 25.7 Å². The summed E-state index contributed by atoms with van der Waals surface area (Å²) in [4.78, 5) is 0. The molecule has 0 fully saturated rings. The van der Waals surface area contributed by atoms with Crippen molar-refractivity contribution in [2.45, 2.75) is 25.7 Å². The van der Waals surface area contributed by atoms with E-state index in [-0.39, 0.29) is 0 Å². The first-order chi connectivity index (χ1) is 5.41. The molecule has 11 heavy (non-hydrogen) atoms. The zero-order valence-electron chi connectivity index (χ0n) is 6.88. The third kappa shape index (κ3) is 10.1. The van der Waals surface area contributed by atoms with Gasteiger partial charge in [-0.3, -0.25) is 0 Å². The summed E-state index contributed by atoms with van der Waals surface area (Å²) in [5, 5.41) is 0. The summed E-state index contributed by atoms with van der Waals surface area (Å²) in [6.07, 6.45) is 14.0. The van der Waals surface area contributed by atoms with Gasteiger partial charge in [0.1, 0.15) is 0 Å². The topological polar surface area (TPSA) is 9.23 Å². The zero-order chi connectivity index (χ0) is 8.36. The summed E-state index contributed by atoms with van der Waals surface area (Å²) in [5.41, 5.74) is 0. The number of rotatable bonds is 0. The Kier molecular flexibility index (Phi) is 10.2. The molecule has 0 saturated carbocycles. The Balaban J connectivity index is 0.000000292. The predicted molar refractivity (Wildman–Crippen MR) is 43.8 cm³/mol. The molecule has 1 aliphatic carbocycles. The van der Waals surface area contributed by atoms with Crippen molar-refractivity contribution in [1.82, 2.24) is 0 Å². The van der Waals surface area contributed by atoms with Gasteiger partial charge in [-0.2, -0.15) is 0 Å².